The lowest BCUT2D eigenvalue weighted by Gasteiger charge is -2.11. The fourth-order valence-electron chi connectivity index (χ4n) is 1.81. The van der Waals surface area contributed by atoms with E-state index in [1.807, 2.05) is 23.9 Å². The zero-order valence-corrected chi connectivity index (χ0v) is 14.0. The summed E-state index contributed by atoms with van der Waals surface area (Å²) in [7, 11) is 1.63. The fourth-order valence-corrected chi connectivity index (χ4v) is 2.31. The number of rotatable bonds is 9. The molecule has 6 heteroatoms. The highest BCUT2D eigenvalue weighted by molar-refractivity contribution is 7.98. The van der Waals surface area contributed by atoms with Gasteiger partial charge in [-0.1, -0.05) is 6.07 Å². The summed E-state index contributed by atoms with van der Waals surface area (Å²) < 4.78 is 5.24. The first kappa shape index (κ1) is 17.6. The van der Waals surface area contributed by atoms with Crippen molar-refractivity contribution in [2.75, 3.05) is 32.2 Å². The number of hydrogen-bond acceptors (Lipinski definition) is 4. The number of guanidine groups is 1. The summed E-state index contributed by atoms with van der Waals surface area (Å²) in [5, 5.41) is 6.61. The summed E-state index contributed by atoms with van der Waals surface area (Å²) in [5.74, 6) is 2.69. The molecular formula is C15H26N4OS. The van der Waals surface area contributed by atoms with Crippen LogP contribution in [0.15, 0.2) is 23.3 Å². The number of ether oxygens (including phenoxy) is 1. The topological polar surface area (TPSA) is 58.5 Å². The first-order valence-corrected chi connectivity index (χ1v) is 8.70. The predicted octanol–water partition coefficient (Wildman–Crippen LogP) is 2.29. The number of unbranched alkanes of at least 4 members (excludes halogenated alkanes) is 1. The molecule has 0 spiro atoms. The monoisotopic (exact) mass is 310 g/mol. The molecule has 1 heterocycles. The Labute approximate surface area is 132 Å². The molecule has 0 saturated heterocycles. The van der Waals surface area contributed by atoms with E-state index in [9.17, 15) is 0 Å². The van der Waals surface area contributed by atoms with Gasteiger partial charge in [-0.3, -0.25) is 0 Å². The lowest BCUT2D eigenvalue weighted by molar-refractivity contribution is 0.392. The lowest BCUT2D eigenvalue weighted by atomic mass is 10.3. The molecule has 1 aromatic heterocycles. The van der Waals surface area contributed by atoms with Gasteiger partial charge >= 0.3 is 0 Å². The summed E-state index contributed by atoms with van der Waals surface area (Å²) in [4.78, 5) is 8.76. The minimum atomic E-state index is 0.553. The molecule has 2 N–H and O–H groups in total. The SMILES string of the molecule is CCNC(=NCc1cccnc1OC)NCCCCSC. The van der Waals surface area contributed by atoms with Crippen LogP contribution in [-0.4, -0.2) is 43.2 Å². The quantitative estimate of drug-likeness (QED) is 0.416. The number of hydrogen-bond donors (Lipinski definition) is 2. The molecule has 0 unspecified atom stereocenters. The third-order valence-corrected chi connectivity index (χ3v) is 3.56. The molecule has 0 aliphatic rings. The molecule has 0 bridgehead atoms. The molecule has 118 valence electrons. The standard InChI is InChI=1S/C15H26N4OS/c1-4-16-15(18-9-5-6-11-21-3)19-12-13-8-7-10-17-14(13)20-2/h7-8,10H,4-6,9,11-12H2,1-3H3,(H2,16,18,19). The van der Waals surface area contributed by atoms with Crippen LogP contribution in [0, 0.1) is 0 Å². The minimum Gasteiger partial charge on any atom is -0.481 e. The number of aromatic nitrogens is 1. The number of methoxy groups -OCH3 is 1. The fraction of sp³-hybridized carbons (Fsp3) is 0.600. The molecule has 1 rings (SSSR count). The van der Waals surface area contributed by atoms with Crippen molar-refractivity contribution in [2.45, 2.75) is 26.3 Å². The van der Waals surface area contributed by atoms with Gasteiger partial charge in [-0.25, -0.2) is 9.98 Å². The van der Waals surface area contributed by atoms with Crippen molar-refractivity contribution in [1.29, 1.82) is 0 Å². The molecule has 21 heavy (non-hydrogen) atoms. The maximum absolute atomic E-state index is 5.24. The van der Waals surface area contributed by atoms with Crippen LogP contribution >= 0.6 is 11.8 Å². The Morgan fingerprint density at radius 2 is 2.24 bits per heavy atom. The van der Waals surface area contributed by atoms with Crippen LogP contribution < -0.4 is 15.4 Å². The average molecular weight is 310 g/mol. The van der Waals surface area contributed by atoms with Crippen LogP contribution in [-0.2, 0) is 6.54 Å². The summed E-state index contributed by atoms with van der Waals surface area (Å²) in [6, 6.07) is 3.88. The van der Waals surface area contributed by atoms with E-state index in [0.717, 1.165) is 31.0 Å². The molecule has 0 aromatic carbocycles. The van der Waals surface area contributed by atoms with Gasteiger partial charge in [0.15, 0.2) is 5.96 Å². The number of nitrogens with one attached hydrogen (secondary N) is 2. The molecule has 1 aromatic rings. The van der Waals surface area contributed by atoms with Gasteiger partial charge in [0, 0.05) is 24.8 Å². The maximum atomic E-state index is 5.24. The lowest BCUT2D eigenvalue weighted by Crippen LogP contribution is -2.37. The first-order valence-electron chi connectivity index (χ1n) is 7.30. The minimum absolute atomic E-state index is 0.553. The normalized spacial score (nSPS) is 11.3. The van der Waals surface area contributed by atoms with Crippen molar-refractivity contribution in [3.8, 4) is 5.88 Å². The number of nitrogens with zero attached hydrogens (tertiary/aromatic N) is 2. The van der Waals surface area contributed by atoms with Gasteiger partial charge in [-0.15, -0.1) is 0 Å². The van der Waals surface area contributed by atoms with Crippen LogP contribution in [0.1, 0.15) is 25.3 Å². The van der Waals surface area contributed by atoms with E-state index in [1.165, 1.54) is 12.2 Å². The van der Waals surface area contributed by atoms with Gasteiger partial charge < -0.3 is 15.4 Å². The van der Waals surface area contributed by atoms with Gasteiger partial charge in [0.2, 0.25) is 5.88 Å². The highest BCUT2D eigenvalue weighted by Gasteiger charge is 2.03. The Hall–Kier alpha value is -1.43. The largest absolute Gasteiger partial charge is 0.481 e. The van der Waals surface area contributed by atoms with Crippen LogP contribution in [0.25, 0.3) is 0 Å². The highest BCUT2D eigenvalue weighted by Crippen LogP contribution is 2.14. The molecule has 0 radical (unpaired) electrons. The van der Waals surface area contributed by atoms with Gasteiger partial charge in [0.1, 0.15) is 0 Å². The Morgan fingerprint density at radius 1 is 1.38 bits per heavy atom. The van der Waals surface area contributed by atoms with E-state index >= 15 is 0 Å². The van der Waals surface area contributed by atoms with Gasteiger partial charge in [-0.2, -0.15) is 11.8 Å². The van der Waals surface area contributed by atoms with Gasteiger partial charge in [-0.05, 0) is 37.8 Å². The number of aliphatic imine (C=N–C) groups is 1. The van der Waals surface area contributed by atoms with E-state index in [4.69, 9.17) is 4.74 Å². The van der Waals surface area contributed by atoms with Crippen molar-refractivity contribution in [1.82, 2.24) is 15.6 Å². The van der Waals surface area contributed by atoms with Crippen molar-refractivity contribution < 1.29 is 4.74 Å². The van der Waals surface area contributed by atoms with Crippen molar-refractivity contribution in [3.05, 3.63) is 23.9 Å². The van der Waals surface area contributed by atoms with Crippen LogP contribution in [0.4, 0.5) is 0 Å². The second kappa shape index (κ2) is 11.3. The van der Waals surface area contributed by atoms with Gasteiger partial charge in [0.05, 0.1) is 13.7 Å². The summed E-state index contributed by atoms with van der Waals surface area (Å²) in [6.45, 7) is 4.41. The van der Waals surface area contributed by atoms with Crippen LogP contribution in [0.2, 0.25) is 0 Å². The molecule has 0 atom stereocenters. The van der Waals surface area contributed by atoms with E-state index in [-0.39, 0.29) is 0 Å². The Kier molecular flexibility index (Phi) is 9.44. The molecule has 5 nitrogen and oxygen atoms in total. The third kappa shape index (κ3) is 7.22. The van der Waals surface area contributed by atoms with E-state index in [0.29, 0.717) is 12.4 Å². The molecule has 0 fully saturated rings. The van der Waals surface area contributed by atoms with Crippen molar-refractivity contribution in [3.63, 3.8) is 0 Å². The average Bonchev–Trinajstić information content (AvgIpc) is 2.52. The Bertz CT molecular complexity index is 426. The van der Waals surface area contributed by atoms with Crippen LogP contribution in [0.3, 0.4) is 0 Å². The molecule has 0 aliphatic carbocycles. The Balaban J connectivity index is 2.50. The van der Waals surface area contributed by atoms with E-state index < -0.39 is 0 Å². The number of thioether (sulfide) groups is 1. The zero-order valence-electron chi connectivity index (χ0n) is 13.2. The summed E-state index contributed by atoms with van der Waals surface area (Å²) >= 11 is 1.89. The van der Waals surface area contributed by atoms with Crippen molar-refractivity contribution >= 4 is 17.7 Å². The van der Waals surface area contributed by atoms with Crippen LogP contribution in [0.5, 0.6) is 5.88 Å². The van der Waals surface area contributed by atoms with Crippen molar-refractivity contribution in [2.24, 2.45) is 4.99 Å². The summed E-state index contributed by atoms with van der Waals surface area (Å²) in [6.07, 6.45) is 6.24. The summed E-state index contributed by atoms with van der Waals surface area (Å²) in [5.41, 5.74) is 0.986. The second-order valence-electron chi connectivity index (χ2n) is 4.49. The predicted molar refractivity (Wildman–Crippen MR) is 91.2 cm³/mol. The zero-order chi connectivity index (χ0) is 15.3. The number of pyridine rings is 1. The molecule has 0 aliphatic heterocycles. The highest BCUT2D eigenvalue weighted by atomic mass is 32.2. The molecular weight excluding hydrogens is 284 g/mol. The molecule has 0 amide bonds. The Morgan fingerprint density at radius 3 is 2.95 bits per heavy atom. The second-order valence-corrected chi connectivity index (χ2v) is 5.48. The third-order valence-electron chi connectivity index (χ3n) is 2.86. The van der Waals surface area contributed by atoms with Gasteiger partial charge in [0.25, 0.3) is 0 Å². The van der Waals surface area contributed by atoms with E-state index in [1.54, 1.807) is 13.3 Å². The van der Waals surface area contributed by atoms with E-state index in [2.05, 4.69) is 33.8 Å². The molecule has 0 saturated carbocycles. The maximum Gasteiger partial charge on any atom is 0.218 e. The first-order chi connectivity index (χ1) is 10.3. The smallest absolute Gasteiger partial charge is 0.218 e.